The van der Waals surface area contributed by atoms with E-state index in [0.29, 0.717) is 28.3 Å². The van der Waals surface area contributed by atoms with Crippen molar-refractivity contribution in [1.82, 2.24) is 9.55 Å². The zero-order valence-corrected chi connectivity index (χ0v) is 21.2. The van der Waals surface area contributed by atoms with Crippen LogP contribution in [-0.2, 0) is 7.05 Å². The fourth-order valence-corrected chi connectivity index (χ4v) is 4.45. The number of halogens is 1. The number of pyridine rings is 2. The maximum Gasteiger partial charge on any atom is 0.200 e. The maximum atomic E-state index is 14.9. The first kappa shape index (κ1) is 26.6. The number of hydrogen-bond donors (Lipinski definition) is 1. The lowest BCUT2D eigenvalue weighted by Gasteiger charge is -2.33. The van der Waals surface area contributed by atoms with Crippen molar-refractivity contribution < 1.29 is 23.9 Å². The Hall–Kier alpha value is -3.04. The van der Waals surface area contributed by atoms with Crippen molar-refractivity contribution in [2.75, 3.05) is 46.2 Å². The Morgan fingerprint density at radius 2 is 1.89 bits per heavy atom. The minimum atomic E-state index is -1.54. The first-order valence-electron chi connectivity index (χ1n) is 11.9. The minimum Gasteiger partial charge on any atom is -0.545 e. The summed E-state index contributed by atoms with van der Waals surface area (Å²) >= 11 is 0. The summed E-state index contributed by atoms with van der Waals surface area (Å²) in [6.45, 7) is 1.11. The second-order valence-electron chi connectivity index (χ2n) is 10.3. The molecule has 1 aliphatic carbocycles. The molecule has 0 spiro atoms. The zero-order valence-electron chi connectivity index (χ0n) is 21.2. The quantitative estimate of drug-likeness (QED) is 0.438. The lowest BCUT2D eigenvalue weighted by molar-refractivity contribution is -0.870. The highest BCUT2D eigenvalue weighted by atomic mass is 19.1. The van der Waals surface area contributed by atoms with Crippen molar-refractivity contribution in [2.24, 2.45) is 7.05 Å². The summed E-state index contributed by atoms with van der Waals surface area (Å²) < 4.78 is 17.2. The monoisotopic (exact) mass is 486 g/mol. The molecule has 1 N–H and O–H groups in total. The normalized spacial score (nSPS) is 14.6. The van der Waals surface area contributed by atoms with Gasteiger partial charge in [-0.2, -0.15) is 0 Å². The second kappa shape index (κ2) is 10.7. The highest BCUT2D eigenvalue weighted by Crippen LogP contribution is 2.31. The van der Waals surface area contributed by atoms with Gasteiger partial charge in [0.05, 0.1) is 55.9 Å². The van der Waals surface area contributed by atoms with E-state index in [1.165, 1.54) is 29.3 Å². The molecule has 0 aliphatic heterocycles. The Morgan fingerprint density at radius 3 is 2.43 bits per heavy atom. The van der Waals surface area contributed by atoms with Crippen LogP contribution < -0.4 is 15.4 Å². The van der Waals surface area contributed by atoms with E-state index >= 15 is 0 Å². The number of carboxylic acid groups (broad SMARTS) is 1. The molecule has 0 atom stereocenters. The standard InChI is InChI=1S/C21H22FN3O3.C5H14NO/c1-24-11-15(21(27)28)19(26)14-8-12-9-16(22)18(10-17(12)23-20(14)24)25(2)13-6-4-3-5-7-13;1-6(2,3)4-5-7/h8-11,13H,3-7H2,1-2H3,(H,27,28);7H,4-5H2,1-3H3/q;+1/p-1. The number of aryl methyl sites for hydroxylation is 1. The number of aliphatic hydroxyl groups is 1. The van der Waals surface area contributed by atoms with Gasteiger partial charge in [-0.25, -0.2) is 9.37 Å². The molecule has 0 bridgehead atoms. The van der Waals surface area contributed by atoms with Gasteiger partial charge in [-0.15, -0.1) is 0 Å². The van der Waals surface area contributed by atoms with Crippen LogP contribution in [0.2, 0.25) is 0 Å². The Morgan fingerprint density at radius 1 is 1.23 bits per heavy atom. The van der Waals surface area contributed by atoms with Gasteiger partial charge in [-0.1, -0.05) is 19.3 Å². The van der Waals surface area contributed by atoms with Crippen molar-refractivity contribution in [3.63, 3.8) is 0 Å². The number of likely N-dealkylation sites (N-methyl/N-ethyl adjacent to an activating group) is 1. The van der Waals surface area contributed by atoms with E-state index in [-0.39, 0.29) is 17.8 Å². The molecule has 9 heteroatoms. The summed E-state index contributed by atoms with van der Waals surface area (Å²) in [5.41, 5.74) is 0.280. The number of nitrogens with zero attached hydrogens (tertiary/aromatic N) is 4. The van der Waals surface area contributed by atoms with Gasteiger partial charge < -0.3 is 29.0 Å². The summed E-state index contributed by atoms with van der Waals surface area (Å²) in [4.78, 5) is 30.2. The Bertz CT molecular complexity index is 1280. The molecule has 0 unspecified atom stereocenters. The summed E-state index contributed by atoms with van der Waals surface area (Å²) in [5, 5.41) is 20.2. The fraction of sp³-hybridized carbons (Fsp3) is 0.500. The van der Waals surface area contributed by atoms with Crippen LogP contribution in [0.1, 0.15) is 42.5 Å². The summed E-state index contributed by atoms with van der Waals surface area (Å²) in [5.74, 6) is -1.92. The Labute approximate surface area is 204 Å². The van der Waals surface area contributed by atoms with Gasteiger partial charge in [0.1, 0.15) is 18.0 Å². The maximum absolute atomic E-state index is 14.9. The van der Waals surface area contributed by atoms with E-state index in [9.17, 15) is 19.1 Å². The molecule has 0 saturated heterocycles. The number of quaternary nitrogens is 1. The third-order valence-corrected chi connectivity index (χ3v) is 6.50. The number of carbonyl (C=O) groups is 1. The van der Waals surface area contributed by atoms with Crippen LogP contribution in [0.4, 0.5) is 10.1 Å². The summed E-state index contributed by atoms with van der Waals surface area (Å²) in [6, 6.07) is 4.87. The molecule has 3 aromatic rings. The first-order chi connectivity index (χ1) is 16.4. The third kappa shape index (κ3) is 6.15. The molecule has 190 valence electrons. The largest absolute Gasteiger partial charge is 0.545 e. The van der Waals surface area contributed by atoms with Crippen LogP contribution >= 0.6 is 0 Å². The molecule has 1 aromatic carbocycles. The number of rotatable bonds is 5. The lowest BCUT2D eigenvalue weighted by Crippen LogP contribution is -2.36. The lowest BCUT2D eigenvalue weighted by atomic mass is 9.94. The molecule has 1 aliphatic rings. The highest BCUT2D eigenvalue weighted by molar-refractivity contribution is 5.96. The van der Waals surface area contributed by atoms with Gasteiger partial charge in [0, 0.05) is 31.7 Å². The van der Waals surface area contributed by atoms with E-state index in [0.717, 1.165) is 36.7 Å². The fourth-order valence-electron chi connectivity index (χ4n) is 4.45. The molecular formula is C26H35FN4O4. The second-order valence-corrected chi connectivity index (χ2v) is 10.3. The number of carboxylic acids is 1. The number of anilines is 1. The van der Waals surface area contributed by atoms with Gasteiger partial charge in [0.2, 0.25) is 0 Å². The molecule has 4 rings (SSSR count). The van der Waals surface area contributed by atoms with Gasteiger partial charge in [0.25, 0.3) is 0 Å². The molecule has 8 nitrogen and oxygen atoms in total. The molecular weight excluding hydrogens is 451 g/mol. The summed E-state index contributed by atoms with van der Waals surface area (Å²) in [7, 11) is 9.68. The molecule has 2 heterocycles. The number of aromatic carboxylic acids is 1. The number of fused-ring (bicyclic) bond motifs is 2. The van der Waals surface area contributed by atoms with Gasteiger partial charge >= 0.3 is 0 Å². The van der Waals surface area contributed by atoms with Crippen LogP contribution in [0.25, 0.3) is 21.9 Å². The SMILES string of the molecule is CN(c1cc2nc3c(cc2cc1F)c(=O)c(C(=O)[O-])cn3C)C1CCCCC1.C[N+](C)(C)CCO. The molecule has 1 fully saturated rings. The van der Waals surface area contributed by atoms with Crippen LogP contribution in [-0.4, -0.2) is 72.5 Å². The van der Waals surface area contributed by atoms with E-state index < -0.39 is 17.0 Å². The van der Waals surface area contributed by atoms with Crippen LogP contribution in [0.15, 0.2) is 29.2 Å². The van der Waals surface area contributed by atoms with Crippen molar-refractivity contribution in [1.29, 1.82) is 0 Å². The van der Waals surface area contributed by atoms with Gasteiger partial charge in [-0.3, -0.25) is 4.79 Å². The topological polar surface area (TPSA) is 98.5 Å². The van der Waals surface area contributed by atoms with E-state index in [1.54, 1.807) is 13.1 Å². The van der Waals surface area contributed by atoms with Crippen molar-refractivity contribution in [3.8, 4) is 0 Å². The number of carbonyl (C=O) groups excluding carboxylic acids is 1. The average molecular weight is 487 g/mol. The van der Waals surface area contributed by atoms with Crippen LogP contribution in [0.3, 0.4) is 0 Å². The Kier molecular flexibility index (Phi) is 8.12. The van der Waals surface area contributed by atoms with E-state index in [4.69, 9.17) is 5.11 Å². The number of hydrogen-bond acceptors (Lipinski definition) is 6. The van der Waals surface area contributed by atoms with Crippen LogP contribution in [0.5, 0.6) is 0 Å². The van der Waals surface area contributed by atoms with Crippen molar-refractivity contribution in [2.45, 2.75) is 38.1 Å². The first-order valence-corrected chi connectivity index (χ1v) is 11.9. The van der Waals surface area contributed by atoms with Crippen molar-refractivity contribution in [3.05, 3.63) is 46.0 Å². The number of aromatic nitrogens is 2. The molecule has 2 aromatic heterocycles. The number of benzene rings is 1. The highest BCUT2D eigenvalue weighted by Gasteiger charge is 2.21. The summed E-state index contributed by atoms with van der Waals surface area (Å²) in [6.07, 6.45) is 6.81. The third-order valence-electron chi connectivity index (χ3n) is 6.50. The van der Waals surface area contributed by atoms with E-state index in [2.05, 4.69) is 26.1 Å². The predicted octanol–water partition coefficient (Wildman–Crippen LogP) is 2.04. The number of aliphatic hydroxyl groups excluding tert-OH is 1. The minimum absolute atomic E-state index is 0.129. The van der Waals surface area contributed by atoms with E-state index in [1.807, 2.05) is 11.9 Å². The van der Waals surface area contributed by atoms with Gasteiger partial charge in [0.15, 0.2) is 5.43 Å². The Balaban J connectivity index is 0.000000429. The smallest absolute Gasteiger partial charge is 0.200 e. The average Bonchev–Trinajstić information content (AvgIpc) is 2.79. The predicted molar refractivity (Wildman–Crippen MR) is 134 cm³/mol. The molecule has 1 saturated carbocycles. The molecule has 35 heavy (non-hydrogen) atoms. The molecule has 0 amide bonds. The van der Waals surface area contributed by atoms with Gasteiger partial charge in [-0.05, 0) is 31.0 Å². The van der Waals surface area contributed by atoms with Crippen LogP contribution in [0, 0.1) is 5.82 Å². The molecule has 0 radical (unpaired) electrons. The van der Waals surface area contributed by atoms with Crippen molar-refractivity contribution >= 4 is 33.6 Å². The zero-order chi connectivity index (χ0) is 25.9.